The van der Waals surface area contributed by atoms with Crippen LogP contribution in [0, 0.1) is 11.8 Å². The molecule has 0 saturated carbocycles. The maximum Gasteiger partial charge on any atom is 0.338 e. The van der Waals surface area contributed by atoms with Crippen LogP contribution in [-0.4, -0.2) is 62.2 Å². The van der Waals surface area contributed by atoms with Gasteiger partial charge in [0.15, 0.2) is 0 Å². The number of benzene rings is 2. The van der Waals surface area contributed by atoms with E-state index >= 15 is 0 Å². The van der Waals surface area contributed by atoms with Crippen molar-refractivity contribution in [3.05, 3.63) is 71.3 Å². The third-order valence-corrected chi connectivity index (χ3v) is 8.31. The van der Waals surface area contributed by atoms with E-state index in [2.05, 4.69) is 23.1 Å². The van der Waals surface area contributed by atoms with Crippen molar-refractivity contribution in [2.75, 3.05) is 39.5 Å². The number of nitrogens with two attached hydrogens (primary N) is 1. The number of carbonyl (C=O) groups is 3. The lowest BCUT2D eigenvalue weighted by Crippen LogP contribution is -2.38. The van der Waals surface area contributed by atoms with Crippen molar-refractivity contribution in [2.45, 2.75) is 78.1 Å². The number of hydrogen-bond acceptors (Lipinski definition) is 7. The molecule has 2 N–H and O–H groups in total. The van der Waals surface area contributed by atoms with Gasteiger partial charge in [-0.3, -0.25) is 9.59 Å². The summed E-state index contributed by atoms with van der Waals surface area (Å²) in [7, 11) is 0. The first kappa shape index (κ1) is 35.8. The maximum atomic E-state index is 12.1. The fourth-order valence-electron chi connectivity index (χ4n) is 5.70. The van der Waals surface area contributed by atoms with Crippen molar-refractivity contribution in [2.24, 2.45) is 17.6 Å². The Balaban J connectivity index is 1.52. The molecule has 1 atom stereocenters. The summed E-state index contributed by atoms with van der Waals surface area (Å²) in [6, 6.07) is 15.8. The number of ether oxygens (including phenoxy) is 3. The Bertz CT molecular complexity index is 1200. The van der Waals surface area contributed by atoms with Crippen LogP contribution < -0.4 is 10.5 Å². The van der Waals surface area contributed by atoms with Gasteiger partial charge in [-0.1, -0.05) is 48.9 Å². The molecule has 0 aliphatic carbocycles. The minimum atomic E-state index is -0.308. The van der Waals surface area contributed by atoms with Crippen LogP contribution >= 0.6 is 0 Å². The molecule has 0 aromatic heterocycles. The lowest BCUT2D eigenvalue weighted by Gasteiger charge is -2.30. The summed E-state index contributed by atoms with van der Waals surface area (Å²) in [5.74, 6) is 0.557. The van der Waals surface area contributed by atoms with Gasteiger partial charge in [0.05, 0.1) is 25.4 Å². The third kappa shape index (κ3) is 13.5. The molecule has 3 rings (SSSR count). The number of nitrogens with zero attached hydrogens (tertiary/aromatic N) is 1. The van der Waals surface area contributed by atoms with E-state index in [-0.39, 0.29) is 29.7 Å². The molecule has 0 bridgehead atoms. The van der Waals surface area contributed by atoms with Gasteiger partial charge in [0.1, 0.15) is 5.75 Å². The van der Waals surface area contributed by atoms with Crippen LogP contribution in [0.1, 0.15) is 93.1 Å². The van der Waals surface area contributed by atoms with E-state index in [1.165, 1.54) is 0 Å². The highest BCUT2D eigenvalue weighted by Crippen LogP contribution is 2.24. The number of para-hydroxylation sites is 1. The molecule has 0 radical (unpaired) electrons. The second-order valence-corrected chi connectivity index (χ2v) is 11.8. The Morgan fingerprint density at radius 1 is 0.911 bits per heavy atom. The highest BCUT2D eigenvalue weighted by atomic mass is 16.5. The van der Waals surface area contributed by atoms with E-state index in [1.54, 1.807) is 6.92 Å². The zero-order valence-corrected chi connectivity index (χ0v) is 27.2. The number of piperidine rings is 1. The molecule has 1 saturated heterocycles. The number of allylic oxidation sites excluding steroid dienone is 1. The SMILES string of the molecule is CCOC(=O)CCCCC(/C=C/c1ccccc1OCCCCCN1CCC(C(N)=O)CC1)Cc1ccc(C(=O)OCC)cc1. The quantitative estimate of drug-likeness (QED) is 0.131. The summed E-state index contributed by atoms with van der Waals surface area (Å²) in [5, 5.41) is 0. The topological polar surface area (TPSA) is 108 Å². The summed E-state index contributed by atoms with van der Waals surface area (Å²) in [5.41, 5.74) is 8.19. The Hall–Kier alpha value is -3.65. The fraction of sp³-hybridized carbons (Fsp3) is 0.541. The molecule has 8 heteroatoms. The minimum Gasteiger partial charge on any atom is -0.493 e. The molecule has 1 aliphatic heterocycles. The van der Waals surface area contributed by atoms with Gasteiger partial charge in [0.25, 0.3) is 0 Å². The first-order chi connectivity index (χ1) is 21.9. The molecule has 2 aromatic carbocycles. The molecule has 1 amide bonds. The molecule has 1 unspecified atom stereocenters. The molecule has 8 nitrogen and oxygen atoms in total. The molecule has 45 heavy (non-hydrogen) atoms. The molecule has 1 aliphatic rings. The van der Waals surface area contributed by atoms with E-state index in [0.717, 1.165) is 94.3 Å². The standard InChI is InChI=1S/C37H52N2O6/c1-3-43-35(40)15-9-6-12-29(28-30-17-20-33(21-18-30)37(42)44-4-2)16-19-31-13-7-8-14-34(31)45-27-11-5-10-24-39-25-22-32(23-26-39)36(38)41/h7-8,13-14,16-21,29,32H,3-6,9-12,15,22-28H2,1-2H3,(H2,38,41)/b19-16+. The Kier molecular flexibility index (Phi) is 16.2. The molecule has 0 spiro atoms. The van der Waals surface area contributed by atoms with Crippen molar-refractivity contribution in [1.29, 1.82) is 0 Å². The summed E-state index contributed by atoms with van der Waals surface area (Å²) < 4.78 is 16.4. The van der Waals surface area contributed by atoms with E-state index in [1.807, 2.05) is 49.4 Å². The number of hydrogen-bond donors (Lipinski definition) is 1. The van der Waals surface area contributed by atoms with E-state index < -0.39 is 0 Å². The lowest BCUT2D eigenvalue weighted by atomic mass is 9.92. The lowest BCUT2D eigenvalue weighted by molar-refractivity contribution is -0.143. The molecule has 2 aromatic rings. The highest BCUT2D eigenvalue weighted by molar-refractivity contribution is 5.89. The van der Waals surface area contributed by atoms with Gasteiger partial charge in [-0.25, -0.2) is 4.79 Å². The van der Waals surface area contributed by atoms with E-state index in [4.69, 9.17) is 19.9 Å². The number of unbranched alkanes of at least 4 members (excludes halogenated alkanes) is 3. The first-order valence-corrected chi connectivity index (χ1v) is 16.7. The first-order valence-electron chi connectivity index (χ1n) is 16.7. The largest absolute Gasteiger partial charge is 0.493 e. The average molecular weight is 621 g/mol. The van der Waals surface area contributed by atoms with Crippen LogP contribution in [0.5, 0.6) is 5.75 Å². The molecule has 1 heterocycles. The van der Waals surface area contributed by atoms with Crippen LogP contribution in [0.25, 0.3) is 6.08 Å². The summed E-state index contributed by atoms with van der Waals surface area (Å²) in [6.07, 6.45) is 13.2. The molecule has 1 fully saturated rings. The van der Waals surface area contributed by atoms with Gasteiger partial charge in [-0.05, 0) is 115 Å². The van der Waals surface area contributed by atoms with E-state index in [0.29, 0.717) is 31.8 Å². The number of esters is 2. The van der Waals surface area contributed by atoms with Crippen LogP contribution in [0.2, 0.25) is 0 Å². The maximum absolute atomic E-state index is 12.1. The van der Waals surface area contributed by atoms with Gasteiger partial charge in [-0.15, -0.1) is 0 Å². The number of likely N-dealkylation sites (tertiary alicyclic amines) is 1. The van der Waals surface area contributed by atoms with Crippen LogP contribution in [-0.2, 0) is 25.5 Å². The van der Waals surface area contributed by atoms with Crippen LogP contribution in [0.15, 0.2) is 54.6 Å². The Morgan fingerprint density at radius 3 is 2.36 bits per heavy atom. The van der Waals surface area contributed by atoms with Crippen LogP contribution in [0.3, 0.4) is 0 Å². The Labute approximate surface area is 269 Å². The van der Waals surface area contributed by atoms with Gasteiger partial charge in [-0.2, -0.15) is 0 Å². The van der Waals surface area contributed by atoms with Gasteiger partial charge in [0.2, 0.25) is 5.91 Å². The number of carbonyl (C=O) groups excluding carboxylic acids is 3. The van der Waals surface area contributed by atoms with Gasteiger partial charge < -0.3 is 24.8 Å². The highest BCUT2D eigenvalue weighted by Gasteiger charge is 2.22. The smallest absolute Gasteiger partial charge is 0.338 e. The van der Waals surface area contributed by atoms with Crippen molar-refractivity contribution < 1.29 is 28.6 Å². The number of primary amides is 1. The fourth-order valence-corrected chi connectivity index (χ4v) is 5.70. The summed E-state index contributed by atoms with van der Waals surface area (Å²) in [6.45, 7) is 8.01. The molecular formula is C37H52N2O6. The van der Waals surface area contributed by atoms with Crippen LogP contribution in [0.4, 0.5) is 0 Å². The van der Waals surface area contributed by atoms with Crippen molar-refractivity contribution in [3.63, 3.8) is 0 Å². The second kappa shape index (κ2) is 20.4. The normalized spacial score (nSPS) is 14.7. The predicted molar refractivity (Wildman–Crippen MR) is 178 cm³/mol. The summed E-state index contributed by atoms with van der Waals surface area (Å²) in [4.78, 5) is 37.7. The third-order valence-electron chi connectivity index (χ3n) is 8.31. The average Bonchev–Trinajstić information content (AvgIpc) is 3.04. The number of amides is 1. The van der Waals surface area contributed by atoms with Gasteiger partial charge >= 0.3 is 11.9 Å². The predicted octanol–water partition coefficient (Wildman–Crippen LogP) is 6.61. The second-order valence-electron chi connectivity index (χ2n) is 11.8. The van der Waals surface area contributed by atoms with Crippen molar-refractivity contribution in [1.82, 2.24) is 4.90 Å². The van der Waals surface area contributed by atoms with Crippen molar-refractivity contribution >= 4 is 23.9 Å². The monoisotopic (exact) mass is 620 g/mol. The zero-order chi connectivity index (χ0) is 32.3. The molecular weight excluding hydrogens is 568 g/mol. The van der Waals surface area contributed by atoms with E-state index in [9.17, 15) is 14.4 Å². The summed E-state index contributed by atoms with van der Waals surface area (Å²) >= 11 is 0. The van der Waals surface area contributed by atoms with Crippen molar-refractivity contribution in [3.8, 4) is 5.75 Å². The minimum absolute atomic E-state index is 0.0414. The van der Waals surface area contributed by atoms with Gasteiger partial charge in [0, 0.05) is 17.9 Å². The zero-order valence-electron chi connectivity index (χ0n) is 27.2. The number of rotatable bonds is 20. The Morgan fingerprint density at radius 2 is 1.64 bits per heavy atom. The molecule has 246 valence electrons.